The Morgan fingerprint density at radius 1 is 1.67 bits per heavy atom. The molecular formula is C10H16N2O5S. The van der Waals surface area contributed by atoms with Crippen LogP contribution in [0.2, 0.25) is 0 Å². The van der Waals surface area contributed by atoms with Crippen molar-refractivity contribution in [1.82, 2.24) is 10.6 Å². The predicted molar refractivity (Wildman–Crippen MR) is 64.7 cm³/mol. The first-order valence-electron chi connectivity index (χ1n) is 5.43. The van der Waals surface area contributed by atoms with E-state index in [0.29, 0.717) is 13.0 Å². The normalized spacial score (nSPS) is 21.8. The van der Waals surface area contributed by atoms with Crippen LogP contribution in [0.4, 0.5) is 4.79 Å². The molecule has 0 saturated carbocycles. The molecule has 1 heterocycles. The van der Waals surface area contributed by atoms with Gasteiger partial charge in [0.1, 0.15) is 0 Å². The maximum atomic E-state index is 11.4. The molecule has 0 radical (unpaired) electrons. The van der Waals surface area contributed by atoms with Gasteiger partial charge in [-0.15, -0.1) is 0 Å². The number of sulfone groups is 1. The first kappa shape index (κ1) is 14.5. The van der Waals surface area contributed by atoms with E-state index in [4.69, 9.17) is 5.11 Å². The molecule has 0 aromatic heterocycles. The van der Waals surface area contributed by atoms with E-state index in [9.17, 15) is 18.0 Å². The average Bonchev–Trinajstić information content (AvgIpc) is 2.59. The van der Waals surface area contributed by atoms with Crippen molar-refractivity contribution in [3.63, 3.8) is 0 Å². The summed E-state index contributed by atoms with van der Waals surface area (Å²) in [5, 5.41) is 14.4. The second kappa shape index (κ2) is 5.85. The van der Waals surface area contributed by atoms with Crippen LogP contribution in [-0.4, -0.2) is 44.4 Å². The van der Waals surface area contributed by atoms with Crippen LogP contribution >= 0.6 is 0 Å². The Morgan fingerprint density at radius 2 is 2.33 bits per heavy atom. The monoisotopic (exact) mass is 276 g/mol. The molecule has 18 heavy (non-hydrogen) atoms. The first-order chi connectivity index (χ1) is 8.28. The fraction of sp³-hybridized carbons (Fsp3) is 0.600. The van der Waals surface area contributed by atoms with Crippen molar-refractivity contribution in [2.75, 3.05) is 12.8 Å². The van der Waals surface area contributed by atoms with Gasteiger partial charge in [0.2, 0.25) is 5.91 Å². The van der Waals surface area contributed by atoms with Gasteiger partial charge in [-0.25, -0.2) is 13.2 Å². The molecule has 1 saturated heterocycles. The van der Waals surface area contributed by atoms with Gasteiger partial charge in [-0.2, -0.15) is 0 Å². The zero-order valence-corrected chi connectivity index (χ0v) is 10.7. The van der Waals surface area contributed by atoms with Crippen LogP contribution in [-0.2, 0) is 14.6 Å². The average molecular weight is 276 g/mol. The van der Waals surface area contributed by atoms with Crippen LogP contribution in [0.25, 0.3) is 0 Å². The molecule has 2 amide bonds. The standard InChI is InChI=1S/C10H16N2O5S/c1-18(16,17)5-3-8(12-10(14)15)6-7-2-4-11-9(7)13/h3,5,7-8,12H,2,4,6H2,1H3,(H,11,13)(H,14,15)/b5-3+. The fourth-order valence-corrected chi connectivity index (χ4v) is 2.23. The summed E-state index contributed by atoms with van der Waals surface area (Å²) in [4.78, 5) is 22.0. The second-order valence-corrected chi connectivity index (χ2v) is 6.16. The molecule has 0 aliphatic carbocycles. The van der Waals surface area contributed by atoms with Crippen molar-refractivity contribution >= 4 is 21.8 Å². The molecule has 0 aromatic rings. The Morgan fingerprint density at radius 3 is 2.78 bits per heavy atom. The number of carboxylic acid groups (broad SMARTS) is 1. The predicted octanol–water partition coefficient (Wildman–Crippen LogP) is -0.293. The van der Waals surface area contributed by atoms with Crippen molar-refractivity contribution in [2.45, 2.75) is 18.9 Å². The summed E-state index contributed by atoms with van der Waals surface area (Å²) in [5.74, 6) is -0.411. The highest BCUT2D eigenvalue weighted by Gasteiger charge is 2.27. The van der Waals surface area contributed by atoms with Gasteiger partial charge in [0.05, 0.1) is 6.04 Å². The summed E-state index contributed by atoms with van der Waals surface area (Å²) in [6, 6.07) is -0.689. The van der Waals surface area contributed by atoms with Gasteiger partial charge < -0.3 is 15.7 Å². The van der Waals surface area contributed by atoms with E-state index >= 15 is 0 Å². The number of amides is 2. The van der Waals surface area contributed by atoms with Gasteiger partial charge in [-0.05, 0) is 12.8 Å². The lowest BCUT2D eigenvalue weighted by Crippen LogP contribution is -2.35. The Hall–Kier alpha value is -1.57. The Kier molecular flexibility index (Phi) is 4.71. The highest BCUT2D eigenvalue weighted by atomic mass is 32.2. The number of carbonyl (C=O) groups is 2. The van der Waals surface area contributed by atoms with Crippen LogP contribution < -0.4 is 10.6 Å². The van der Waals surface area contributed by atoms with Gasteiger partial charge in [0.25, 0.3) is 0 Å². The van der Waals surface area contributed by atoms with Gasteiger partial charge in [0, 0.05) is 24.1 Å². The summed E-state index contributed by atoms with van der Waals surface area (Å²) < 4.78 is 22.0. The van der Waals surface area contributed by atoms with Crippen molar-refractivity contribution < 1.29 is 23.1 Å². The third-order valence-electron chi connectivity index (χ3n) is 2.57. The molecule has 8 heteroatoms. The molecule has 0 aromatic carbocycles. The summed E-state index contributed by atoms with van der Waals surface area (Å²) in [5.41, 5.74) is 0. The minimum absolute atomic E-state index is 0.125. The minimum Gasteiger partial charge on any atom is -0.465 e. The van der Waals surface area contributed by atoms with E-state index in [1.54, 1.807) is 0 Å². The molecule has 7 nitrogen and oxygen atoms in total. The van der Waals surface area contributed by atoms with Gasteiger partial charge in [0.15, 0.2) is 9.84 Å². The van der Waals surface area contributed by atoms with Crippen molar-refractivity contribution in [3.05, 3.63) is 11.5 Å². The minimum atomic E-state index is -3.32. The van der Waals surface area contributed by atoms with Gasteiger partial charge >= 0.3 is 6.09 Å². The second-order valence-electron chi connectivity index (χ2n) is 4.23. The zero-order chi connectivity index (χ0) is 13.8. The van der Waals surface area contributed by atoms with Crippen molar-refractivity contribution in [3.8, 4) is 0 Å². The molecule has 1 aliphatic rings. The number of nitrogens with one attached hydrogen (secondary N) is 2. The molecule has 1 aliphatic heterocycles. The summed E-state index contributed by atoms with van der Waals surface area (Å²) in [7, 11) is -3.32. The van der Waals surface area contributed by atoms with E-state index in [0.717, 1.165) is 11.7 Å². The Labute approximate surface area is 105 Å². The van der Waals surface area contributed by atoms with Gasteiger partial charge in [-0.3, -0.25) is 4.79 Å². The number of hydrogen-bond acceptors (Lipinski definition) is 4. The largest absolute Gasteiger partial charge is 0.465 e. The SMILES string of the molecule is CS(=O)(=O)/C=C/C(CC1CCNC1=O)NC(=O)O. The lowest BCUT2D eigenvalue weighted by molar-refractivity contribution is -0.122. The first-order valence-corrected chi connectivity index (χ1v) is 7.39. The van der Waals surface area contributed by atoms with E-state index in [1.165, 1.54) is 6.08 Å². The molecule has 3 N–H and O–H groups in total. The number of carbonyl (C=O) groups excluding carboxylic acids is 1. The highest BCUT2D eigenvalue weighted by Crippen LogP contribution is 2.16. The van der Waals surface area contributed by atoms with Crippen molar-refractivity contribution in [2.24, 2.45) is 5.92 Å². The number of rotatable bonds is 5. The third-order valence-corrected chi connectivity index (χ3v) is 3.22. The molecule has 0 bridgehead atoms. The van der Waals surface area contributed by atoms with E-state index in [-0.39, 0.29) is 18.2 Å². The Bertz CT molecular complexity index is 457. The molecular weight excluding hydrogens is 260 g/mol. The van der Waals surface area contributed by atoms with E-state index < -0.39 is 22.0 Å². The van der Waals surface area contributed by atoms with Crippen molar-refractivity contribution in [1.29, 1.82) is 0 Å². The molecule has 0 spiro atoms. The van der Waals surface area contributed by atoms with Crippen LogP contribution in [0.5, 0.6) is 0 Å². The van der Waals surface area contributed by atoms with E-state index in [2.05, 4.69) is 10.6 Å². The van der Waals surface area contributed by atoms with Crippen LogP contribution in [0, 0.1) is 5.92 Å². The summed E-state index contributed by atoms with van der Waals surface area (Å²) >= 11 is 0. The molecule has 1 fully saturated rings. The molecule has 102 valence electrons. The summed E-state index contributed by atoms with van der Waals surface area (Å²) in [6.07, 6.45) is 1.91. The maximum Gasteiger partial charge on any atom is 0.405 e. The van der Waals surface area contributed by atoms with Crippen LogP contribution in [0.1, 0.15) is 12.8 Å². The lowest BCUT2D eigenvalue weighted by atomic mass is 9.98. The lowest BCUT2D eigenvalue weighted by Gasteiger charge is -2.15. The third kappa shape index (κ3) is 5.17. The number of hydrogen-bond donors (Lipinski definition) is 3. The zero-order valence-electron chi connectivity index (χ0n) is 9.92. The topological polar surface area (TPSA) is 113 Å². The Balaban J connectivity index is 2.69. The fourth-order valence-electron chi connectivity index (χ4n) is 1.76. The van der Waals surface area contributed by atoms with Gasteiger partial charge in [-0.1, -0.05) is 6.08 Å². The molecule has 2 atom stereocenters. The highest BCUT2D eigenvalue weighted by molar-refractivity contribution is 7.93. The van der Waals surface area contributed by atoms with Crippen LogP contribution in [0.15, 0.2) is 11.5 Å². The molecule has 2 unspecified atom stereocenters. The molecule has 1 rings (SSSR count). The quantitative estimate of drug-likeness (QED) is 0.638. The maximum absolute atomic E-state index is 11.4. The smallest absolute Gasteiger partial charge is 0.405 e. The van der Waals surface area contributed by atoms with E-state index in [1.807, 2.05) is 0 Å². The summed E-state index contributed by atoms with van der Waals surface area (Å²) in [6.45, 7) is 0.569. The van der Waals surface area contributed by atoms with Crippen LogP contribution in [0.3, 0.4) is 0 Å².